The van der Waals surface area contributed by atoms with Crippen molar-refractivity contribution in [3.8, 4) is 0 Å². The van der Waals surface area contributed by atoms with Crippen LogP contribution < -0.4 is 5.56 Å². The number of nitrogens with zero attached hydrogens (tertiary/aromatic N) is 2. The van der Waals surface area contributed by atoms with Crippen molar-refractivity contribution in [2.75, 3.05) is 0 Å². The van der Waals surface area contributed by atoms with Gasteiger partial charge >= 0.3 is 5.97 Å². The Hall–Kier alpha value is -2.43. The summed E-state index contributed by atoms with van der Waals surface area (Å²) in [6, 6.07) is 12.7. The molecule has 0 aliphatic carbocycles. The zero-order chi connectivity index (χ0) is 17.0. The first-order chi connectivity index (χ1) is 10.9. The molecule has 0 amide bonds. The van der Waals surface area contributed by atoms with E-state index in [1.54, 1.807) is 0 Å². The number of benzene rings is 1. The normalized spacial score (nSPS) is 12.7. The summed E-state index contributed by atoms with van der Waals surface area (Å²) >= 11 is 0. The third-order valence-corrected chi connectivity index (χ3v) is 4.11. The van der Waals surface area contributed by atoms with E-state index in [0.29, 0.717) is 6.42 Å². The minimum atomic E-state index is -0.517. The Bertz CT molecular complexity index is 735. The van der Waals surface area contributed by atoms with E-state index in [-0.39, 0.29) is 22.8 Å². The Morgan fingerprint density at radius 2 is 1.87 bits per heavy atom. The number of rotatable bonds is 5. The summed E-state index contributed by atoms with van der Waals surface area (Å²) in [5, 5.41) is 3.94. The molecule has 1 heterocycles. The van der Waals surface area contributed by atoms with Crippen molar-refractivity contribution < 1.29 is 9.53 Å². The standard InChI is InChI=1S/C18H22N2O3/c1-5-15(18(2,3)13-9-7-6-8-10-13)23-17(22)14-11-12-16(21)20(4)19-14/h6-12,15H,5H2,1-4H3. The third-order valence-electron chi connectivity index (χ3n) is 4.11. The highest BCUT2D eigenvalue weighted by atomic mass is 16.5. The summed E-state index contributed by atoms with van der Waals surface area (Å²) in [6.45, 7) is 6.09. The molecule has 5 heteroatoms. The van der Waals surface area contributed by atoms with Gasteiger partial charge in [0.05, 0.1) is 0 Å². The predicted molar refractivity (Wildman–Crippen MR) is 88.4 cm³/mol. The molecule has 0 N–H and O–H groups in total. The maximum atomic E-state index is 12.4. The van der Waals surface area contributed by atoms with E-state index in [0.717, 1.165) is 10.2 Å². The predicted octanol–water partition coefficient (Wildman–Crippen LogP) is 2.69. The second kappa shape index (κ2) is 6.77. The lowest BCUT2D eigenvalue weighted by Gasteiger charge is -2.33. The van der Waals surface area contributed by atoms with Crippen LogP contribution >= 0.6 is 0 Å². The first-order valence-electron chi connectivity index (χ1n) is 7.67. The van der Waals surface area contributed by atoms with Crippen molar-refractivity contribution in [3.63, 3.8) is 0 Å². The maximum absolute atomic E-state index is 12.4. The van der Waals surface area contributed by atoms with Crippen molar-refractivity contribution >= 4 is 5.97 Å². The van der Waals surface area contributed by atoms with E-state index >= 15 is 0 Å². The SMILES string of the molecule is CCC(OC(=O)c1ccc(=O)n(C)n1)C(C)(C)c1ccccc1. The lowest BCUT2D eigenvalue weighted by Crippen LogP contribution is -2.37. The number of hydrogen-bond acceptors (Lipinski definition) is 4. The zero-order valence-electron chi connectivity index (χ0n) is 13.9. The summed E-state index contributed by atoms with van der Waals surface area (Å²) in [4.78, 5) is 23.7. The molecule has 1 unspecified atom stereocenters. The minimum absolute atomic E-state index is 0.134. The molecule has 2 aromatic rings. The lowest BCUT2D eigenvalue weighted by molar-refractivity contribution is 0.00888. The summed E-state index contributed by atoms with van der Waals surface area (Å²) in [7, 11) is 1.50. The summed E-state index contributed by atoms with van der Waals surface area (Å²) in [6.07, 6.45) is 0.385. The van der Waals surface area contributed by atoms with Crippen LogP contribution in [0.5, 0.6) is 0 Å². The van der Waals surface area contributed by atoms with Crippen LogP contribution in [0.4, 0.5) is 0 Å². The quantitative estimate of drug-likeness (QED) is 0.796. The Morgan fingerprint density at radius 1 is 1.22 bits per heavy atom. The topological polar surface area (TPSA) is 61.2 Å². The van der Waals surface area contributed by atoms with Crippen molar-refractivity contribution in [3.05, 3.63) is 64.1 Å². The van der Waals surface area contributed by atoms with Crippen LogP contribution in [0.1, 0.15) is 43.2 Å². The highest BCUT2D eigenvalue weighted by Gasteiger charge is 2.33. The van der Waals surface area contributed by atoms with Gasteiger partial charge in [-0.1, -0.05) is 51.1 Å². The number of esters is 1. The summed E-state index contributed by atoms with van der Waals surface area (Å²) in [5.41, 5.74) is 0.646. The highest BCUT2D eigenvalue weighted by molar-refractivity contribution is 5.87. The van der Waals surface area contributed by atoms with Gasteiger partial charge in [-0.15, -0.1) is 0 Å². The van der Waals surface area contributed by atoms with Crippen LogP contribution in [-0.4, -0.2) is 21.9 Å². The van der Waals surface area contributed by atoms with Crippen LogP contribution in [0, 0.1) is 0 Å². The van der Waals surface area contributed by atoms with Gasteiger partial charge in [0.25, 0.3) is 5.56 Å². The monoisotopic (exact) mass is 314 g/mol. The maximum Gasteiger partial charge on any atom is 0.359 e. The molecule has 23 heavy (non-hydrogen) atoms. The first kappa shape index (κ1) is 16.9. The van der Waals surface area contributed by atoms with Crippen molar-refractivity contribution in [2.24, 2.45) is 7.05 Å². The van der Waals surface area contributed by atoms with Gasteiger partial charge in [-0.3, -0.25) is 4.79 Å². The van der Waals surface area contributed by atoms with Gasteiger partial charge < -0.3 is 4.74 Å². The molecule has 0 radical (unpaired) electrons. The van der Waals surface area contributed by atoms with Crippen LogP contribution in [0.2, 0.25) is 0 Å². The second-order valence-electron chi connectivity index (χ2n) is 6.07. The Kier molecular flexibility index (Phi) is 4.98. The molecule has 1 aromatic carbocycles. The molecule has 2 rings (SSSR count). The molecule has 1 atom stereocenters. The van der Waals surface area contributed by atoms with Gasteiger partial charge in [-0.25, -0.2) is 9.48 Å². The molecule has 0 bridgehead atoms. The zero-order valence-corrected chi connectivity index (χ0v) is 13.9. The molecular weight excluding hydrogens is 292 g/mol. The average Bonchev–Trinajstić information content (AvgIpc) is 2.55. The molecule has 122 valence electrons. The Morgan fingerprint density at radius 3 is 2.43 bits per heavy atom. The molecule has 0 saturated heterocycles. The van der Waals surface area contributed by atoms with E-state index in [1.165, 1.54) is 19.2 Å². The highest BCUT2D eigenvalue weighted by Crippen LogP contribution is 2.31. The molecule has 0 aliphatic heterocycles. The van der Waals surface area contributed by atoms with Gasteiger partial charge in [0.1, 0.15) is 6.10 Å². The fourth-order valence-corrected chi connectivity index (χ4v) is 2.60. The minimum Gasteiger partial charge on any atom is -0.457 e. The van der Waals surface area contributed by atoms with E-state index in [4.69, 9.17) is 4.74 Å². The van der Waals surface area contributed by atoms with Gasteiger partial charge in [0.15, 0.2) is 5.69 Å². The number of ether oxygens (including phenoxy) is 1. The van der Waals surface area contributed by atoms with Crippen LogP contribution in [-0.2, 0) is 17.2 Å². The molecule has 5 nitrogen and oxygen atoms in total. The number of aryl methyl sites for hydroxylation is 1. The van der Waals surface area contributed by atoms with E-state index in [2.05, 4.69) is 18.9 Å². The molecule has 1 aromatic heterocycles. The third kappa shape index (κ3) is 3.67. The fourth-order valence-electron chi connectivity index (χ4n) is 2.60. The van der Waals surface area contributed by atoms with E-state index < -0.39 is 5.97 Å². The number of carbonyl (C=O) groups is 1. The summed E-state index contributed by atoms with van der Waals surface area (Å²) in [5.74, 6) is -0.517. The van der Waals surface area contributed by atoms with Crippen molar-refractivity contribution in [2.45, 2.75) is 38.7 Å². The number of aromatic nitrogens is 2. The van der Waals surface area contributed by atoms with Crippen LogP contribution in [0.3, 0.4) is 0 Å². The van der Waals surface area contributed by atoms with Gasteiger partial charge in [0.2, 0.25) is 0 Å². The fraction of sp³-hybridized carbons (Fsp3) is 0.389. The lowest BCUT2D eigenvalue weighted by atomic mass is 9.78. The Labute approximate surface area is 135 Å². The Balaban J connectivity index is 2.23. The number of carbonyl (C=O) groups excluding carboxylic acids is 1. The molecule has 0 aliphatic rings. The second-order valence-corrected chi connectivity index (χ2v) is 6.07. The van der Waals surface area contributed by atoms with Gasteiger partial charge in [0, 0.05) is 18.5 Å². The molecule has 0 fully saturated rings. The molecule has 0 saturated carbocycles. The van der Waals surface area contributed by atoms with Crippen molar-refractivity contribution in [1.82, 2.24) is 9.78 Å². The van der Waals surface area contributed by atoms with Crippen LogP contribution in [0.15, 0.2) is 47.3 Å². The van der Waals surface area contributed by atoms with Crippen LogP contribution in [0.25, 0.3) is 0 Å². The van der Waals surface area contributed by atoms with E-state index in [9.17, 15) is 9.59 Å². The first-order valence-corrected chi connectivity index (χ1v) is 7.67. The van der Waals surface area contributed by atoms with E-state index in [1.807, 2.05) is 37.3 Å². The molecule has 0 spiro atoms. The largest absolute Gasteiger partial charge is 0.457 e. The van der Waals surface area contributed by atoms with Crippen molar-refractivity contribution in [1.29, 1.82) is 0 Å². The number of hydrogen-bond donors (Lipinski definition) is 0. The van der Waals surface area contributed by atoms with Gasteiger partial charge in [-0.2, -0.15) is 5.10 Å². The summed E-state index contributed by atoms with van der Waals surface area (Å²) < 4.78 is 6.81. The van der Waals surface area contributed by atoms with Gasteiger partial charge in [-0.05, 0) is 18.1 Å². The average molecular weight is 314 g/mol. The smallest absolute Gasteiger partial charge is 0.359 e. The molecular formula is C18H22N2O3.